The van der Waals surface area contributed by atoms with E-state index in [0.29, 0.717) is 6.54 Å². The van der Waals surface area contributed by atoms with E-state index in [9.17, 15) is 4.79 Å². The van der Waals surface area contributed by atoms with Gasteiger partial charge >= 0.3 is 0 Å². The van der Waals surface area contributed by atoms with Crippen molar-refractivity contribution in [3.05, 3.63) is 32.9 Å². The Labute approximate surface area is 115 Å². The zero-order valence-corrected chi connectivity index (χ0v) is 12.0. The molecule has 1 N–H and O–H groups in total. The fourth-order valence-electron chi connectivity index (χ4n) is 1.85. The summed E-state index contributed by atoms with van der Waals surface area (Å²) in [4.78, 5) is 11.9. The number of amides is 1. The van der Waals surface area contributed by atoms with Crippen molar-refractivity contribution >= 4 is 28.5 Å². The predicted octanol–water partition coefficient (Wildman–Crippen LogP) is 2.51. The van der Waals surface area contributed by atoms with Crippen LogP contribution in [0.2, 0.25) is 0 Å². The summed E-state index contributed by atoms with van der Waals surface area (Å²) >= 11 is 2.25. The van der Waals surface area contributed by atoms with E-state index in [4.69, 9.17) is 4.74 Å². The summed E-state index contributed by atoms with van der Waals surface area (Å²) in [6.07, 6.45) is 2.35. The van der Waals surface area contributed by atoms with Gasteiger partial charge in [-0.2, -0.15) is 0 Å². The third-order valence-electron chi connectivity index (χ3n) is 2.95. The number of carbonyl (C=O) groups excluding carboxylic acids is 1. The van der Waals surface area contributed by atoms with Gasteiger partial charge in [0.1, 0.15) is 0 Å². The molecule has 0 unspecified atom stereocenters. The molecule has 1 fully saturated rings. The summed E-state index contributed by atoms with van der Waals surface area (Å²) in [5, 5.41) is 2.92. The maximum absolute atomic E-state index is 11.9. The van der Waals surface area contributed by atoms with Crippen molar-refractivity contribution in [3.8, 4) is 0 Å². The van der Waals surface area contributed by atoms with Crippen LogP contribution in [0, 0.1) is 10.5 Å². The van der Waals surface area contributed by atoms with Gasteiger partial charge in [-0.05, 0) is 60.1 Å². The molecule has 0 aliphatic carbocycles. The fourth-order valence-corrected chi connectivity index (χ4v) is 2.36. The van der Waals surface area contributed by atoms with Crippen LogP contribution in [-0.2, 0) is 4.74 Å². The molecule has 3 nitrogen and oxygen atoms in total. The second kappa shape index (κ2) is 5.82. The molecule has 1 amide bonds. The van der Waals surface area contributed by atoms with Crippen LogP contribution >= 0.6 is 22.6 Å². The quantitative estimate of drug-likeness (QED) is 0.855. The Morgan fingerprint density at radius 3 is 3.06 bits per heavy atom. The zero-order valence-electron chi connectivity index (χ0n) is 9.83. The first kappa shape index (κ1) is 12.8. The molecule has 1 aromatic carbocycles. The second-order valence-corrected chi connectivity index (χ2v) is 5.47. The molecule has 0 bridgehead atoms. The molecule has 92 valence electrons. The number of halogens is 1. The number of carbonyl (C=O) groups is 1. The Kier molecular flexibility index (Phi) is 4.39. The van der Waals surface area contributed by atoms with Crippen LogP contribution in [0.3, 0.4) is 0 Å². The zero-order chi connectivity index (χ0) is 12.3. The molecule has 0 radical (unpaired) electrons. The number of hydrogen-bond donors (Lipinski definition) is 1. The molecular weight excluding hydrogens is 329 g/mol. The number of nitrogens with one attached hydrogen (secondary N) is 1. The highest BCUT2D eigenvalue weighted by Gasteiger charge is 2.16. The van der Waals surface area contributed by atoms with E-state index in [1.807, 2.05) is 25.1 Å². The molecule has 1 heterocycles. The minimum atomic E-state index is -0.0154. The lowest BCUT2D eigenvalue weighted by atomic mass is 10.1. The molecular formula is C13H16INO2. The van der Waals surface area contributed by atoms with E-state index < -0.39 is 0 Å². The fraction of sp³-hybridized carbons (Fsp3) is 0.462. The molecule has 1 saturated heterocycles. The first-order chi connectivity index (χ1) is 8.16. The summed E-state index contributed by atoms with van der Waals surface area (Å²) in [5.74, 6) is -0.0154. The Bertz CT molecular complexity index is 414. The molecule has 0 spiro atoms. The summed E-state index contributed by atoms with van der Waals surface area (Å²) < 4.78 is 6.58. The number of aryl methyl sites for hydroxylation is 1. The Morgan fingerprint density at radius 2 is 2.41 bits per heavy atom. The molecule has 1 aromatic rings. The van der Waals surface area contributed by atoms with Gasteiger partial charge < -0.3 is 10.1 Å². The van der Waals surface area contributed by atoms with Crippen molar-refractivity contribution < 1.29 is 9.53 Å². The number of hydrogen-bond acceptors (Lipinski definition) is 2. The normalized spacial score (nSPS) is 19.3. The van der Waals surface area contributed by atoms with Gasteiger partial charge in [-0.15, -0.1) is 0 Å². The first-order valence-corrected chi connectivity index (χ1v) is 6.90. The van der Waals surface area contributed by atoms with E-state index in [2.05, 4.69) is 27.9 Å². The van der Waals surface area contributed by atoms with Crippen LogP contribution in [0.5, 0.6) is 0 Å². The van der Waals surface area contributed by atoms with Crippen molar-refractivity contribution in [1.82, 2.24) is 5.32 Å². The molecule has 4 heteroatoms. The van der Waals surface area contributed by atoms with Gasteiger partial charge in [-0.1, -0.05) is 6.07 Å². The summed E-state index contributed by atoms with van der Waals surface area (Å²) in [6, 6.07) is 5.76. The van der Waals surface area contributed by atoms with Crippen LogP contribution in [0.25, 0.3) is 0 Å². The molecule has 0 aromatic heterocycles. The molecule has 1 aliphatic rings. The predicted molar refractivity (Wildman–Crippen MR) is 75.2 cm³/mol. The van der Waals surface area contributed by atoms with Crippen molar-refractivity contribution in [2.45, 2.75) is 25.9 Å². The van der Waals surface area contributed by atoms with Gasteiger partial charge in [0.2, 0.25) is 0 Å². The van der Waals surface area contributed by atoms with Gasteiger partial charge in [0.15, 0.2) is 0 Å². The first-order valence-electron chi connectivity index (χ1n) is 5.83. The highest BCUT2D eigenvalue weighted by Crippen LogP contribution is 2.14. The van der Waals surface area contributed by atoms with E-state index in [1.165, 1.54) is 5.56 Å². The lowest BCUT2D eigenvalue weighted by molar-refractivity contribution is 0.0857. The largest absolute Gasteiger partial charge is 0.376 e. The Balaban J connectivity index is 1.92. The number of benzene rings is 1. The van der Waals surface area contributed by atoms with E-state index >= 15 is 0 Å². The van der Waals surface area contributed by atoms with Crippen molar-refractivity contribution in [3.63, 3.8) is 0 Å². The minimum Gasteiger partial charge on any atom is -0.376 e. The molecule has 1 aliphatic heterocycles. The third kappa shape index (κ3) is 3.42. The Morgan fingerprint density at radius 1 is 1.59 bits per heavy atom. The highest BCUT2D eigenvalue weighted by atomic mass is 127. The number of rotatable bonds is 3. The number of ether oxygens (including phenoxy) is 1. The van der Waals surface area contributed by atoms with E-state index in [1.54, 1.807) is 0 Å². The van der Waals surface area contributed by atoms with Gasteiger partial charge in [0.25, 0.3) is 5.91 Å². The standard InChI is InChI=1S/C13H16INO2/c1-9-4-5-10(7-12(9)14)13(16)15-8-11-3-2-6-17-11/h4-5,7,11H,2-3,6,8H2,1H3,(H,15,16)/t11-/m0/s1. The Hall–Kier alpha value is -0.620. The molecule has 0 saturated carbocycles. The maximum Gasteiger partial charge on any atom is 0.251 e. The maximum atomic E-state index is 11.9. The third-order valence-corrected chi connectivity index (χ3v) is 4.11. The summed E-state index contributed by atoms with van der Waals surface area (Å²) in [7, 11) is 0. The van der Waals surface area contributed by atoms with Crippen LogP contribution in [-0.4, -0.2) is 25.2 Å². The summed E-state index contributed by atoms with van der Waals surface area (Å²) in [5.41, 5.74) is 1.92. The van der Waals surface area contributed by atoms with Crippen molar-refractivity contribution in [1.29, 1.82) is 0 Å². The lowest BCUT2D eigenvalue weighted by Gasteiger charge is -2.11. The molecule has 2 rings (SSSR count). The monoisotopic (exact) mass is 345 g/mol. The van der Waals surface area contributed by atoms with Gasteiger partial charge in [-0.25, -0.2) is 0 Å². The average Bonchev–Trinajstić information content (AvgIpc) is 2.82. The summed E-state index contributed by atoms with van der Waals surface area (Å²) in [6.45, 7) is 3.47. The molecule has 1 atom stereocenters. The van der Waals surface area contributed by atoms with Gasteiger partial charge in [0.05, 0.1) is 6.10 Å². The smallest absolute Gasteiger partial charge is 0.251 e. The second-order valence-electron chi connectivity index (χ2n) is 4.31. The lowest BCUT2D eigenvalue weighted by Crippen LogP contribution is -2.31. The van der Waals surface area contributed by atoms with Gasteiger partial charge in [-0.3, -0.25) is 4.79 Å². The van der Waals surface area contributed by atoms with E-state index in [-0.39, 0.29) is 12.0 Å². The van der Waals surface area contributed by atoms with Crippen LogP contribution in [0.1, 0.15) is 28.8 Å². The SMILES string of the molecule is Cc1ccc(C(=O)NC[C@@H]2CCCO2)cc1I. The minimum absolute atomic E-state index is 0.0154. The van der Waals surface area contributed by atoms with Gasteiger partial charge in [0, 0.05) is 22.3 Å². The van der Waals surface area contributed by atoms with Crippen LogP contribution < -0.4 is 5.32 Å². The topological polar surface area (TPSA) is 38.3 Å². The highest BCUT2D eigenvalue weighted by molar-refractivity contribution is 14.1. The van der Waals surface area contributed by atoms with Crippen molar-refractivity contribution in [2.75, 3.05) is 13.2 Å². The van der Waals surface area contributed by atoms with E-state index in [0.717, 1.165) is 28.6 Å². The average molecular weight is 345 g/mol. The van der Waals surface area contributed by atoms with Crippen LogP contribution in [0.4, 0.5) is 0 Å². The van der Waals surface area contributed by atoms with Crippen molar-refractivity contribution in [2.24, 2.45) is 0 Å². The molecule has 17 heavy (non-hydrogen) atoms. The van der Waals surface area contributed by atoms with Crippen LogP contribution in [0.15, 0.2) is 18.2 Å².